The number of carbonyl (C=O) groups excluding carboxylic acids is 1. The average Bonchev–Trinajstić information content (AvgIpc) is 1.67. The molecular formula is C4H7NO3. The van der Waals surface area contributed by atoms with E-state index in [0.29, 0.717) is 0 Å². The van der Waals surface area contributed by atoms with E-state index in [1.54, 1.807) is 0 Å². The van der Waals surface area contributed by atoms with Crippen molar-refractivity contribution in [3.8, 4) is 0 Å². The number of hydrogen-bond acceptors (Lipinski definition) is 4. The molecule has 8 heavy (non-hydrogen) atoms. The molecule has 0 aliphatic heterocycles. The minimum atomic E-state index is -0.785. The lowest BCUT2D eigenvalue weighted by Gasteiger charge is -1.95. The van der Waals surface area contributed by atoms with Crippen molar-refractivity contribution < 1.29 is 14.6 Å². The van der Waals surface area contributed by atoms with Crippen LogP contribution in [-0.4, -0.2) is 17.9 Å². The lowest BCUT2D eigenvalue weighted by atomic mass is 10.5. The number of esters is 1. The Morgan fingerprint density at radius 3 is 2.50 bits per heavy atom. The molecule has 3 N–H and O–H groups in total. The zero-order valence-electron chi connectivity index (χ0n) is 4.26. The van der Waals surface area contributed by atoms with Crippen LogP contribution >= 0.6 is 0 Å². The molecule has 0 rings (SSSR count). The van der Waals surface area contributed by atoms with Gasteiger partial charge in [0.2, 0.25) is 0 Å². The van der Waals surface area contributed by atoms with Crippen LogP contribution in [-0.2, 0) is 9.53 Å². The maximum absolute atomic E-state index is 10.1. The maximum Gasteiger partial charge on any atom is 0.355 e. The van der Waals surface area contributed by atoms with Gasteiger partial charge in [0.25, 0.3) is 0 Å². The monoisotopic (exact) mass is 117 g/mol. The molecule has 4 heteroatoms. The molecule has 0 atom stereocenters. The summed E-state index contributed by atoms with van der Waals surface area (Å²) in [6.07, 6.45) is 0. The topological polar surface area (TPSA) is 72.6 Å². The van der Waals surface area contributed by atoms with Crippen LogP contribution in [0.25, 0.3) is 0 Å². The van der Waals surface area contributed by atoms with E-state index in [4.69, 9.17) is 10.8 Å². The van der Waals surface area contributed by atoms with Crippen LogP contribution in [0.1, 0.15) is 0 Å². The van der Waals surface area contributed by atoms with Crippen LogP contribution in [0.2, 0.25) is 0 Å². The average molecular weight is 117 g/mol. The molecule has 0 aromatic rings. The number of aliphatic hydroxyl groups excluding tert-OH is 1. The van der Waals surface area contributed by atoms with Gasteiger partial charge < -0.3 is 15.6 Å². The summed E-state index contributed by atoms with van der Waals surface area (Å²) in [4.78, 5) is 10.1. The zero-order chi connectivity index (χ0) is 6.57. The molecular weight excluding hydrogens is 110 g/mol. The van der Waals surface area contributed by atoms with E-state index >= 15 is 0 Å². The van der Waals surface area contributed by atoms with Crippen molar-refractivity contribution in [3.63, 3.8) is 0 Å². The van der Waals surface area contributed by atoms with Crippen LogP contribution in [0, 0.1) is 0 Å². The number of ether oxygens (including phenoxy) is 1. The Morgan fingerprint density at radius 2 is 2.38 bits per heavy atom. The minimum absolute atomic E-state index is 0.209. The minimum Gasteiger partial charge on any atom is -0.434 e. The fraction of sp³-hybridized carbons (Fsp3) is 0.250. The fourth-order valence-corrected chi connectivity index (χ4v) is 0.151. The predicted octanol–water partition coefficient (Wildman–Crippen LogP) is -1.05. The molecule has 46 valence electrons. The van der Waals surface area contributed by atoms with Gasteiger partial charge in [0.15, 0.2) is 6.79 Å². The second-order valence-corrected chi connectivity index (χ2v) is 1.09. The van der Waals surface area contributed by atoms with E-state index in [0.717, 1.165) is 0 Å². The number of rotatable bonds is 2. The molecule has 0 aromatic heterocycles. The van der Waals surface area contributed by atoms with Crippen molar-refractivity contribution in [1.82, 2.24) is 0 Å². The molecule has 0 unspecified atom stereocenters. The van der Waals surface area contributed by atoms with E-state index in [1.165, 1.54) is 0 Å². The summed E-state index contributed by atoms with van der Waals surface area (Å²) >= 11 is 0. The predicted molar refractivity (Wildman–Crippen MR) is 26.5 cm³/mol. The van der Waals surface area contributed by atoms with Crippen molar-refractivity contribution in [1.29, 1.82) is 0 Å². The highest BCUT2D eigenvalue weighted by Gasteiger charge is 1.99. The Hall–Kier alpha value is -1.03. The SMILES string of the molecule is C=C(N)C(=O)OCO. The number of carbonyl (C=O) groups is 1. The smallest absolute Gasteiger partial charge is 0.355 e. The van der Waals surface area contributed by atoms with Gasteiger partial charge in [0.05, 0.1) is 0 Å². The molecule has 0 fully saturated rings. The van der Waals surface area contributed by atoms with Crippen LogP contribution in [0.4, 0.5) is 0 Å². The molecule has 0 saturated carbocycles. The molecule has 0 aromatic carbocycles. The molecule has 0 radical (unpaired) electrons. The van der Waals surface area contributed by atoms with Gasteiger partial charge in [-0.05, 0) is 0 Å². The summed E-state index contributed by atoms with van der Waals surface area (Å²) in [7, 11) is 0. The first-order chi connectivity index (χ1) is 3.68. The summed E-state index contributed by atoms with van der Waals surface area (Å²) in [5, 5.41) is 7.95. The van der Waals surface area contributed by atoms with E-state index in [2.05, 4.69) is 11.3 Å². The summed E-state index contributed by atoms with van der Waals surface area (Å²) in [5.41, 5.74) is 4.63. The van der Waals surface area contributed by atoms with Crippen molar-refractivity contribution in [2.45, 2.75) is 0 Å². The first-order valence-corrected chi connectivity index (χ1v) is 1.91. The van der Waals surface area contributed by atoms with Crippen molar-refractivity contribution in [2.24, 2.45) is 5.73 Å². The first kappa shape index (κ1) is 6.97. The Balaban J connectivity index is 3.49. The summed E-state index contributed by atoms with van der Waals surface area (Å²) in [5.74, 6) is -0.785. The van der Waals surface area contributed by atoms with Gasteiger partial charge in [0.1, 0.15) is 5.70 Å². The van der Waals surface area contributed by atoms with E-state index < -0.39 is 12.8 Å². The molecule has 0 aliphatic carbocycles. The quantitative estimate of drug-likeness (QED) is 0.275. The third kappa shape index (κ3) is 2.20. The second kappa shape index (κ2) is 3.04. The summed E-state index contributed by atoms with van der Waals surface area (Å²) in [6, 6.07) is 0. The fourth-order valence-electron chi connectivity index (χ4n) is 0.151. The highest BCUT2D eigenvalue weighted by Crippen LogP contribution is 1.81. The van der Waals surface area contributed by atoms with E-state index in [1.807, 2.05) is 0 Å². The Labute approximate surface area is 46.6 Å². The van der Waals surface area contributed by atoms with Crippen molar-refractivity contribution in [3.05, 3.63) is 12.3 Å². The molecule has 0 saturated heterocycles. The highest BCUT2D eigenvalue weighted by atomic mass is 16.6. The third-order valence-electron chi connectivity index (χ3n) is 0.458. The highest BCUT2D eigenvalue weighted by molar-refractivity contribution is 5.86. The normalized spacial score (nSPS) is 8.12. The van der Waals surface area contributed by atoms with Gasteiger partial charge in [-0.25, -0.2) is 4.79 Å². The Morgan fingerprint density at radius 1 is 1.88 bits per heavy atom. The van der Waals surface area contributed by atoms with Gasteiger partial charge in [-0.2, -0.15) is 0 Å². The number of nitrogens with two attached hydrogens (primary N) is 1. The third-order valence-corrected chi connectivity index (χ3v) is 0.458. The standard InChI is InChI=1S/C4H7NO3/c1-3(5)4(7)8-2-6/h6H,1-2,5H2. The van der Waals surface area contributed by atoms with Gasteiger partial charge in [-0.15, -0.1) is 0 Å². The van der Waals surface area contributed by atoms with E-state index in [9.17, 15) is 4.79 Å². The largest absolute Gasteiger partial charge is 0.434 e. The molecule has 0 heterocycles. The number of aliphatic hydroxyl groups is 1. The first-order valence-electron chi connectivity index (χ1n) is 1.91. The molecule has 0 bridgehead atoms. The molecule has 0 amide bonds. The van der Waals surface area contributed by atoms with Crippen molar-refractivity contribution >= 4 is 5.97 Å². The lowest BCUT2D eigenvalue weighted by Crippen LogP contribution is -2.13. The molecule has 4 nitrogen and oxygen atoms in total. The zero-order valence-corrected chi connectivity index (χ0v) is 4.26. The second-order valence-electron chi connectivity index (χ2n) is 1.09. The van der Waals surface area contributed by atoms with Gasteiger partial charge in [-0.1, -0.05) is 6.58 Å². The van der Waals surface area contributed by atoms with Crippen LogP contribution in [0.15, 0.2) is 12.3 Å². The Bertz CT molecular complexity index is 110. The Kier molecular flexibility index (Phi) is 2.64. The van der Waals surface area contributed by atoms with Gasteiger partial charge in [0, 0.05) is 0 Å². The number of hydrogen-bond donors (Lipinski definition) is 2. The maximum atomic E-state index is 10.1. The lowest BCUT2D eigenvalue weighted by molar-refractivity contribution is -0.146. The van der Waals surface area contributed by atoms with Crippen LogP contribution < -0.4 is 5.73 Å². The van der Waals surface area contributed by atoms with Gasteiger partial charge in [-0.3, -0.25) is 0 Å². The van der Waals surface area contributed by atoms with Crippen LogP contribution in [0.3, 0.4) is 0 Å². The summed E-state index contributed by atoms with van der Waals surface area (Å²) < 4.78 is 4.00. The van der Waals surface area contributed by atoms with Crippen LogP contribution in [0.5, 0.6) is 0 Å². The summed E-state index contributed by atoms with van der Waals surface area (Å²) in [6.45, 7) is 2.41. The van der Waals surface area contributed by atoms with Crippen molar-refractivity contribution in [2.75, 3.05) is 6.79 Å². The molecule has 0 aliphatic rings. The molecule has 0 spiro atoms. The van der Waals surface area contributed by atoms with E-state index in [-0.39, 0.29) is 5.70 Å². The van der Waals surface area contributed by atoms with Gasteiger partial charge >= 0.3 is 5.97 Å².